The molecule has 1 heterocycles. The second kappa shape index (κ2) is 4.14. The van der Waals surface area contributed by atoms with E-state index in [0.29, 0.717) is 0 Å². The topological polar surface area (TPSA) is 83.9 Å². The van der Waals surface area contributed by atoms with E-state index in [2.05, 4.69) is 0 Å². The van der Waals surface area contributed by atoms with Gasteiger partial charge in [0.25, 0.3) is 0 Å². The van der Waals surface area contributed by atoms with Crippen molar-refractivity contribution in [3.05, 3.63) is 0 Å². The van der Waals surface area contributed by atoms with Gasteiger partial charge in [-0.1, -0.05) is 19.6 Å². The second-order valence-corrected chi connectivity index (χ2v) is 10.7. The van der Waals surface area contributed by atoms with Gasteiger partial charge in [-0.05, 0) is 6.92 Å². The normalized spacial score (nSPS) is 20.4. The number of likely N-dealkylation sites (tertiary alicyclic amines) is 1. The lowest BCUT2D eigenvalue weighted by molar-refractivity contribution is -0.154. The fourth-order valence-electron chi connectivity index (χ4n) is 1.76. The van der Waals surface area contributed by atoms with Crippen LogP contribution in [0.2, 0.25) is 19.6 Å². The molecule has 6 nitrogen and oxygen atoms in total. The molecule has 1 N–H and O–H groups in total. The number of nitrogens with zero attached hydrogens (tertiary/aromatic N) is 1. The summed E-state index contributed by atoms with van der Waals surface area (Å²) in [5, 5.41) is 7.45. The third-order valence-electron chi connectivity index (χ3n) is 3.16. The lowest BCUT2D eigenvalue weighted by Gasteiger charge is -2.43. The van der Waals surface area contributed by atoms with Crippen molar-refractivity contribution in [3.63, 3.8) is 0 Å². The highest BCUT2D eigenvalue weighted by molar-refractivity contribution is 6.79. The molecule has 1 aliphatic rings. The molecular weight excluding hydrogens is 242 g/mol. The summed E-state index contributed by atoms with van der Waals surface area (Å²) >= 11 is 0. The third-order valence-corrected chi connectivity index (χ3v) is 6.26. The molecule has 2 amide bonds. The lowest BCUT2D eigenvalue weighted by atomic mass is 10.4. The monoisotopic (exact) mass is 259 g/mol. The minimum absolute atomic E-state index is 0.127. The summed E-state index contributed by atoms with van der Waals surface area (Å²) in [7, 11) is -2.24. The van der Waals surface area contributed by atoms with Crippen molar-refractivity contribution in [2.75, 3.05) is 0 Å². The molecule has 0 spiro atoms. The predicted molar refractivity (Wildman–Crippen MR) is 61.9 cm³/mol. The summed E-state index contributed by atoms with van der Waals surface area (Å²) in [4.78, 5) is 35.2. The van der Waals surface area contributed by atoms with Gasteiger partial charge in [-0.15, -0.1) is 0 Å². The number of imide groups is 1. The highest BCUT2D eigenvalue weighted by Crippen LogP contribution is 2.33. The van der Waals surface area contributed by atoms with Crippen molar-refractivity contribution in [1.29, 1.82) is 0 Å². The lowest BCUT2D eigenvalue weighted by Crippen LogP contribution is -2.65. The molecule has 17 heavy (non-hydrogen) atoms. The van der Waals surface area contributed by atoms with Gasteiger partial charge in [0.05, 0.1) is 0 Å². The number of carbonyl (C=O) groups is 3. The molecule has 1 saturated heterocycles. The molecule has 0 aromatic carbocycles. The summed E-state index contributed by atoms with van der Waals surface area (Å²) in [5.74, 6) is -0.720. The van der Waals surface area contributed by atoms with E-state index in [9.17, 15) is 14.4 Å². The van der Waals surface area contributed by atoms with Crippen LogP contribution in [0.3, 0.4) is 0 Å². The van der Waals surface area contributed by atoms with Gasteiger partial charge in [-0.25, -0.2) is 9.69 Å². The maximum Gasteiger partial charge on any atom is 0.507 e. The van der Waals surface area contributed by atoms with E-state index in [-0.39, 0.29) is 24.7 Å². The Kier molecular flexibility index (Phi) is 3.33. The van der Waals surface area contributed by atoms with Gasteiger partial charge in [0, 0.05) is 12.8 Å². The number of rotatable bonds is 3. The van der Waals surface area contributed by atoms with Crippen molar-refractivity contribution < 1.29 is 24.2 Å². The van der Waals surface area contributed by atoms with Crippen LogP contribution in [0.4, 0.5) is 4.79 Å². The van der Waals surface area contributed by atoms with Crippen LogP contribution in [0.15, 0.2) is 0 Å². The number of carbonyl (C=O) groups excluding carboxylic acids is 2. The highest BCUT2D eigenvalue weighted by Gasteiger charge is 2.54. The Labute approximate surface area is 101 Å². The minimum atomic E-state index is -2.24. The van der Waals surface area contributed by atoms with Gasteiger partial charge in [0.1, 0.15) is 8.07 Å². The average molecular weight is 259 g/mol. The zero-order chi connectivity index (χ0) is 13.4. The van der Waals surface area contributed by atoms with Gasteiger partial charge in [0.15, 0.2) is 5.35 Å². The highest BCUT2D eigenvalue weighted by atomic mass is 28.3. The molecule has 0 aliphatic carbocycles. The van der Waals surface area contributed by atoms with Crippen LogP contribution >= 0.6 is 0 Å². The Bertz CT molecular complexity index is 359. The molecule has 1 fully saturated rings. The van der Waals surface area contributed by atoms with Crippen molar-refractivity contribution in [3.8, 4) is 0 Å². The molecule has 1 rings (SSSR count). The van der Waals surface area contributed by atoms with Gasteiger partial charge >= 0.3 is 6.16 Å². The molecule has 0 saturated carbocycles. The number of hydrogen-bond donors (Lipinski definition) is 1. The largest absolute Gasteiger partial charge is 0.507 e. The van der Waals surface area contributed by atoms with E-state index < -0.39 is 19.6 Å². The van der Waals surface area contributed by atoms with Crippen molar-refractivity contribution >= 4 is 26.0 Å². The summed E-state index contributed by atoms with van der Waals surface area (Å²) in [6, 6.07) is 0. The number of carboxylic acid groups (broad SMARTS) is 1. The Balaban J connectivity index is 3.19. The standard InChI is InChI=1S/C10H17NO5Si/c1-10(16-9(14)15,17(2,3)4)11-7(12)5-6-8(11)13/h5-6H2,1-4H3,(H,14,15). The van der Waals surface area contributed by atoms with Crippen LogP contribution in [-0.4, -0.2) is 41.4 Å². The van der Waals surface area contributed by atoms with E-state index in [1.165, 1.54) is 6.92 Å². The maximum absolute atomic E-state index is 11.7. The molecule has 0 aromatic heterocycles. The Morgan fingerprint density at radius 3 is 2.00 bits per heavy atom. The molecular formula is C10H17NO5Si. The Morgan fingerprint density at radius 1 is 1.29 bits per heavy atom. The van der Waals surface area contributed by atoms with E-state index in [1.54, 1.807) is 0 Å². The van der Waals surface area contributed by atoms with Gasteiger partial charge in [0.2, 0.25) is 11.8 Å². The van der Waals surface area contributed by atoms with E-state index in [4.69, 9.17) is 9.84 Å². The van der Waals surface area contributed by atoms with Crippen molar-refractivity contribution in [2.45, 2.75) is 44.8 Å². The first-order chi connectivity index (χ1) is 7.59. The van der Waals surface area contributed by atoms with E-state index in [0.717, 1.165) is 4.90 Å². The molecule has 7 heteroatoms. The van der Waals surface area contributed by atoms with Crippen LogP contribution < -0.4 is 0 Å². The van der Waals surface area contributed by atoms with E-state index >= 15 is 0 Å². The summed E-state index contributed by atoms with van der Waals surface area (Å²) < 4.78 is 4.89. The number of hydrogen-bond acceptors (Lipinski definition) is 4. The Hall–Kier alpha value is -1.37. The number of ether oxygens (including phenoxy) is 1. The van der Waals surface area contributed by atoms with Crippen molar-refractivity contribution in [1.82, 2.24) is 4.90 Å². The first kappa shape index (κ1) is 13.7. The summed E-state index contributed by atoms with van der Waals surface area (Å²) in [6.45, 7) is 7.08. The fourth-order valence-corrected chi connectivity index (χ4v) is 3.07. The number of amides is 2. The second-order valence-electron chi connectivity index (χ2n) is 5.22. The average Bonchev–Trinajstić information content (AvgIpc) is 2.43. The van der Waals surface area contributed by atoms with E-state index in [1.807, 2.05) is 19.6 Å². The molecule has 0 bridgehead atoms. The van der Waals surface area contributed by atoms with Gasteiger partial charge < -0.3 is 9.84 Å². The first-order valence-corrected chi connectivity index (χ1v) is 8.87. The molecule has 0 aromatic rings. The van der Waals surface area contributed by atoms with Crippen LogP contribution in [0.5, 0.6) is 0 Å². The quantitative estimate of drug-likeness (QED) is 0.471. The third kappa shape index (κ3) is 2.33. The molecule has 96 valence electrons. The fraction of sp³-hybridized carbons (Fsp3) is 0.700. The van der Waals surface area contributed by atoms with Gasteiger partial charge in [-0.2, -0.15) is 0 Å². The zero-order valence-corrected chi connectivity index (χ0v) is 11.4. The first-order valence-electron chi connectivity index (χ1n) is 5.37. The summed E-state index contributed by atoms with van der Waals surface area (Å²) in [5.41, 5.74) is 0. The Morgan fingerprint density at radius 2 is 1.71 bits per heavy atom. The predicted octanol–water partition coefficient (Wildman–Crippen LogP) is 1.42. The van der Waals surface area contributed by atoms with Crippen LogP contribution in [-0.2, 0) is 14.3 Å². The summed E-state index contributed by atoms with van der Waals surface area (Å²) in [6.07, 6.45) is -1.22. The maximum atomic E-state index is 11.7. The van der Waals surface area contributed by atoms with Crippen LogP contribution in [0.25, 0.3) is 0 Å². The van der Waals surface area contributed by atoms with Gasteiger partial charge in [-0.3, -0.25) is 9.59 Å². The molecule has 0 radical (unpaired) electrons. The van der Waals surface area contributed by atoms with Crippen molar-refractivity contribution in [2.24, 2.45) is 0 Å². The molecule has 1 unspecified atom stereocenters. The molecule has 1 aliphatic heterocycles. The smallest absolute Gasteiger partial charge is 0.450 e. The minimum Gasteiger partial charge on any atom is -0.450 e. The van der Waals surface area contributed by atoms with Crippen LogP contribution in [0.1, 0.15) is 19.8 Å². The molecule has 1 atom stereocenters. The van der Waals surface area contributed by atoms with Crippen LogP contribution in [0, 0.1) is 0 Å². The zero-order valence-electron chi connectivity index (χ0n) is 10.4. The SMILES string of the molecule is CC(OC(=O)O)(N1C(=O)CCC1=O)[Si](C)(C)C.